The normalized spacial score (nSPS) is 12.3. The van der Waals surface area contributed by atoms with Gasteiger partial charge in [0.2, 0.25) is 0 Å². The molecule has 0 spiro atoms. The highest BCUT2D eigenvalue weighted by molar-refractivity contribution is 6.36. The molecule has 48 heavy (non-hydrogen) atoms. The number of hydrogen-bond acceptors (Lipinski definition) is 3. The first kappa shape index (κ1) is 28.2. The zero-order valence-corrected chi connectivity index (χ0v) is 26.9. The lowest BCUT2D eigenvalue weighted by Gasteiger charge is -2.29. The van der Waals surface area contributed by atoms with Crippen molar-refractivity contribution in [2.45, 2.75) is 19.8 Å². The van der Waals surface area contributed by atoms with E-state index in [1.807, 2.05) is 24.5 Å². The SMILES string of the molecule is Cc1cc(C(c2ccccc2)c2ccccn2)c2ccc3c(N(c4ccccc4)c4ccccn4)cc(C)c4c5ccccc5c1c2c34. The maximum atomic E-state index is 4.93. The van der Waals surface area contributed by atoms with Gasteiger partial charge in [-0.1, -0.05) is 103 Å². The fourth-order valence-corrected chi connectivity index (χ4v) is 7.91. The fraction of sp³-hybridized carbons (Fsp3) is 0.0667. The van der Waals surface area contributed by atoms with Gasteiger partial charge in [0.05, 0.1) is 17.3 Å². The van der Waals surface area contributed by atoms with Crippen LogP contribution in [0.5, 0.6) is 0 Å². The molecule has 1 unspecified atom stereocenters. The minimum absolute atomic E-state index is 0.0168. The lowest BCUT2D eigenvalue weighted by atomic mass is 9.79. The smallest absolute Gasteiger partial charge is 0.137 e. The average Bonchev–Trinajstić information content (AvgIpc) is 3.14. The number of hydrogen-bond donors (Lipinski definition) is 0. The molecule has 1 atom stereocenters. The summed E-state index contributed by atoms with van der Waals surface area (Å²) < 4.78 is 0. The maximum Gasteiger partial charge on any atom is 0.137 e. The van der Waals surface area contributed by atoms with E-state index < -0.39 is 0 Å². The summed E-state index contributed by atoms with van der Waals surface area (Å²) in [5, 5.41) is 10.3. The summed E-state index contributed by atoms with van der Waals surface area (Å²) in [6.07, 6.45) is 3.78. The molecule has 9 rings (SSSR count). The Labute approximate surface area is 280 Å². The van der Waals surface area contributed by atoms with Crippen molar-refractivity contribution >= 4 is 60.3 Å². The second kappa shape index (κ2) is 11.3. The quantitative estimate of drug-likeness (QED) is 0.138. The Morgan fingerprint density at radius 1 is 0.479 bits per heavy atom. The molecule has 9 aromatic rings. The van der Waals surface area contributed by atoms with Crippen molar-refractivity contribution in [1.82, 2.24) is 9.97 Å². The van der Waals surface area contributed by atoms with Gasteiger partial charge in [-0.25, -0.2) is 4.98 Å². The van der Waals surface area contributed by atoms with Crippen molar-refractivity contribution in [3.8, 4) is 0 Å². The zero-order chi connectivity index (χ0) is 32.2. The molecule has 228 valence electrons. The van der Waals surface area contributed by atoms with Crippen molar-refractivity contribution < 1.29 is 0 Å². The summed E-state index contributed by atoms with van der Waals surface area (Å²) in [4.78, 5) is 12.1. The molecule has 0 saturated carbocycles. The molecule has 3 heteroatoms. The van der Waals surface area contributed by atoms with E-state index in [0.717, 1.165) is 22.9 Å². The van der Waals surface area contributed by atoms with Crippen LogP contribution >= 0.6 is 0 Å². The van der Waals surface area contributed by atoms with E-state index in [4.69, 9.17) is 9.97 Å². The van der Waals surface area contributed by atoms with Crippen LogP contribution in [0.2, 0.25) is 0 Å². The first-order valence-electron chi connectivity index (χ1n) is 16.5. The second-order valence-corrected chi connectivity index (χ2v) is 12.7. The first-order chi connectivity index (χ1) is 23.7. The molecule has 0 aliphatic rings. The lowest BCUT2D eigenvalue weighted by Crippen LogP contribution is -2.12. The van der Waals surface area contributed by atoms with E-state index in [9.17, 15) is 0 Å². The highest BCUT2D eigenvalue weighted by Gasteiger charge is 2.27. The van der Waals surface area contributed by atoms with Crippen LogP contribution in [0.1, 0.15) is 33.9 Å². The van der Waals surface area contributed by atoms with E-state index in [1.54, 1.807) is 0 Å². The predicted molar refractivity (Wildman–Crippen MR) is 201 cm³/mol. The highest BCUT2D eigenvalue weighted by Crippen LogP contribution is 2.50. The van der Waals surface area contributed by atoms with Gasteiger partial charge < -0.3 is 0 Å². The molecule has 0 aliphatic carbocycles. The van der Waals surface area contributed by atoms with Crippen LogP contribution in [0.3, 0.4) is 0 Å². The van der Waals surface area contributed by atoms with E-state index in [1.165, 1.54) is 65.3 Å². The molecule has 0 fully saturated rings. The van der Waals surface area contributed by atoms with Gasteiger partial charge in [-0.05, 0) is 111 Å². The first-order valence-corrected chi connectivity index (χ1v) is 16.5. The number of aryl methyl sites for hydroxylation is 2. The van der Waals surface area contributed by atoms with Crippen LogP contribution in [0, 0.1) is 13.8 Å². The van der Waals surface area contributed by atoms with Gasteiger partial charge in [0.25, 0.3) is 0 Å². The molecule has 0 saturated heterocycles. The number of aromatic nitrogens is 2. The van der Waals surface area contributed by atoms with Crippen molar-refractivity contribution in [1.29, 1.82) is 0 Å². The molecule has 0 aliphatic heterocycles. The summed E-state index contributed by atoms with van der Waals surface area (Å²) in [5.74, 6) is 0.871. The van der Waals surface area contributed by atoms with Gasteiger partial charge in [-0.15, -0.1) is 0 Å². The number of para-hydroxylation sites is 1. The molecule has 7 aromatic carbocycles. The minimum atomic E-state index is -0.0168. The van der Waals surface area contributed by atoms with Gasteiger partial charge in [0, 0.05) is 28.9 Å². The Balaban J connectivity index is 1.45. The molecule has 0 N–H and O–H groups in total. The Hall–Kier alpha value is -6.06. The van der Waals surface area contributed by atoms with Crippen LogP contribution in [0.25, 0.3) is 43.1 Å². The van der Waals surface area contributed by atoms with E-state index >= 15 is 0 Å². The van der Waals surface area contributed by atoms with Crippen molar-refractivity contribution in [2.75, 3.05) is 4.90 Å². The lowest BCUT2D eigenvalue weighted by molar-refractivity contribution is 0.926. The zero-order valence-electron chi connectivity index (χ0n) is 26.9. The van der Waals surface area contributed by atoms with Crippen LogP contribution in [-0.2, 0) is 0 Å². The molecule has 2 heterocycles. The van der Waals surface area contributed by atoms with Gasteiger partial charge in [0.1, 0.15) is 5.82 Å². The number of rotatable bonds is 6. The molecule has 3 nitrogen and oxygen atoms in total. The number of pyridine rings is 2. The molecule has 0 amide bonds. The second-order valence-electron chi connectivity index (χ2n) is 12.7. The third kappa shape index (κ3) is 4.35. The van der Waals surface area contributed by atoms with E-state index in [2.05, 4.69) is 152 Å². The standard InChI is InChI=1S/C45H33N3/c1-29-27-37(43(31-15-5-3-6-16-31)38-21-11-13-25-46-38)35-23-24-36-39(48(32-17-7-4-8-18-32)40-22-12-14-26-47-40)28-30(2)42-34-20-10-9-19-33(34)41(29)44(35)45(36)42/h3-28,43H,1-2H3. The number of nitrogens with zero attached hydrogens (tertiary/aromatic N) is 3. The third-order valence-electron chi connectivity index (χ3n) is 9.83. The molecule has 2 aromatic heterocycles. The fourth-order valence-electron chi connectivity index (χ4n) is 7.91. The number of benzene rings is 7. The molecular weight excluding hydrogens is 583 g/mol. The highest BCUT2D eigenvalue weighted by atomic mass is 15.2. The van der Waals surface area contributed by atoms with Crippen molar-refractivity contribution in [3.05, 3.63) is 186 Å². The summed E-state index contributed by atoms with van der Waals surface area (Å²) in [6.45, 7) is 4.54. The topological polar surface area (TPSA) is 29.0 Å². The van der Waals surface area contributed by atoms with Gasteiger partial charge >= 0.3 is 0 Å². The third-order valence-corrected chi connectivity index (χ3v) is 9.83. The summed E-state index contributed by atoms with van der Waals surface area (Å²) in [5.41, 5.74) is 8.27. The minimum Gasteiger partial charge on any atom is -0.294 e. The monoisotopic (exact) mass is 615 g/mol. The Bertz CT molecular complexity index is 2300. The van der Waals surface area contributed by atoms with E-state index in [-0.39, 0.29) is 5.92 Å². The van der Waals surface area contributed by atoms with E-state index in [0.29, 0.717) is 0 Å². The molecule has 0 radical (unpaired) electrons. The van der Waals surface area contributed by atoms with Crippen molar-refractivity contribution in [2.24, 2.45) is 0 Å². The summed E-state index contributed by atoms with van der Waals surface area (Å²) >= 11 is 0. The van der Waals surface area contributed by atoms with Gasteiger partial charge in [-0.2, -0.15) is 0 Å². The number of fused-ring (bicyclic) bond motifs is 3. The average molecular weight is 616 g/mol. The number of anilines is 3. The predicted octanol–water partition coefficient (Wildman–Crippen LogP) is 11.8. The molecule has 0 bridgehead atoms. The van der Waals surface area contributed by atoms with Crippen LogP contribution in [0.4, 0.5) is 17.2 Å². The summed E-state index contributed by atoms with van der Waals surface area (Å²) in [6, 6.07) is 52.2. The van der Waals surface area contributed by atoms with Crippen LogP contribution in [0.15, 0.2) is 158 Å². The molecular formula is C45H33N3. The van der Waals surface area contributed by atoms with Gasteiger partial charge in [-0.3, -0.25) is 9.88 Å². The summed E-state index contributed by atoms with van der Waals surface area (Å²) in [7, 11) is 0. The largest absolute Gasteiger partial charge is 0.294 e. The Morgan fingerprint density at radius 3 is 1.73 bits per heavy atom. The Morgan fingerprint density at radius 2 is 1.06 bits per heavy atom. The van der Waals surface area contributed by atoms with Crippen LogP contribution < -0.4 is 4.90 Å². The maximum absolute atomic E-state index is 4.93. The van der Waals surface area contributed by atoms with Gasteiger partial charge in [0.15, 0.2) is 0 Å². The van der Waals surface area contributed by atoms with Crippen LogP contribution in [-0.4, -0.2) is 9.97 Å². The Kier molecular flexibility index (Phi) is 6.65. The van der Waals surface area contributed by atoms with Crippen molar-refractivity contribution in [3.63, 3.8) is 0 Å².